The van der Waals surface area contributed by atoms with Gasteiger partial charge in [-0.05, 0) is 43.3 Å². The molecule has 24 heavy (non-hydrogen) atoms. The highest BCUT2D eigenvalue weighted by Gasteiger charge is 2.15. The molecule has 0 saturated heterocycles. The van der Waals surface area contributed by atoms with Crippen molar-refractivity contribution in [2.45, 2.75) is 6.92 Å². The van der Waals surface area contributed by atoms with Gasteiger partial charge in [-0.1, -0.05) is 23.2 Å². The highest BCUT2D eigenvalue weighted by molar-refractivity contribution is 6.36. The van der Waals surface area contributed by atoms with Crippen LogP contribution < -0.4 is 9.47 Å². The lowest BCUT2D eigenvalue weighted by molar-refractivity contribution is 0.355. The van der Waals surface area contributed by atoms with Crippen LogP contribution >= 0.6 is 23.2 Å². The smallest absolute Gasteiger partial charge is 0.161 e. The molecular weight excluding hydrogens is 347 g/mol. The molecule has 0 bridgehead atoms. The monoisotopic (exact) mass is 362 g/mol. The molecule has 2 aromatic carbocycles. The van der Waals surface area contributed by atoms with Gasteiger partial charge in [-0.3, -0.25) is 0 Å². The maximum absolute atomic E-state index is 6.30. The summed E-state index contributed by atoms with van der Waals surface area (Å²) in [5.41, 5.74) is 3.44. The average Bonchev–Trinajstić information content (AvgIpc) is 2.96. The summed E-state index contributed by atoms with van der Waals surface area (Å²) in [5, 5.41) is 1.16. The summed E-state index contributed by atoms with van der Waals surface area (Å²) >= 11 is 12.3. The fraction of sp³-hybridized carbons (Fsp3) is 0.167. The van der Waals surface area contributed by atoms with E-state index in [1.807, 2.05) is 31.2 Å². The van der Waals surface area contributed by atoms with E-state index in [-0.39, 0.29) is 0 Å². The largest absolute Gasteiger partial charge is 0.493 e. The first-order valence-electron chi connectivity index (χ1n) is 7.28. The molecule has 6 heteroatoms. The minimum absolute atomic E-state index is 0.566. The third kappa shape index (κ3) is 3.07. The van der Waals surface area contributed by atoms with E-state index in [1.165, 1.54) is 0 Å². The van der Waals surface area contributed by atoms with Gasteiger partial charge in [0.05, 0.1) is 24.9 Å². The molecule has 1 N–H and O–H groups in total. The van der Waals surface area contributed by atoms with Crippen molar-refractivity contribution >= 4 is 23.2 Å². The lowest BCUT2D eigenvalue weighted by atomic mass is 10.1. The van der Waals surface area contributed by atoms with E-state index in [0.717, 1.165) is 28.3 Å². The fourth-order valence-electron chi connectivity index (χ4n) is 2.52. The summed E-state index contributed by atoms with van der Waals surface area (Å²) in [6, 6.07) is 11.0. The molecule has 0 fully saturated rings. The number of nitrogens with zero attached hydrogens (tertiary/aromatic N) is 1. The highest BCUT2D eigenvalue weighted by Crippen LogP contribution is 2.35. The van der Waals surface area contributed by atoms with Gasteiger partial charge in [0.25, 0.3) is 0 Å². The Labute approximate surface area is 150 Å². The van der Waals surface area contributed by atoms with Crippen molar-refractivity contribution in [3.63, 3.8) is 0 Å². The van der Waals surface area contributed by atoms with E-state index >= 15 is 0 Å². The molecule has 0 aliphatic carbocycles. The second-order valence-electron chi connectivity index (χ2n) is 5.25. The summed E-state index contributed by atoms with van der Waals surface area (Å²) in [7, 11) is 3.21. The zero-order valence-electron chi connectivity index (χ0n) is 13.5. The van der Waals surface area contributed by atoms with Gasteiger partial charge in [0.2, 0.25) is 0 Å². The molecule has 3 rings (SSSR count). The Kier molecular flexibility index (Phi) is 4.69. The van der Waals surface area contributed by atoms with E-state index < -0.39 is 0 Å². The molecule has 0 atom stereocenters. The van der Waals surface area contributed by atoms with E-state index in [4.69, 9.17) is 37.7 Å². The maximum atomic E-state index is 6.30. The summed E-state index contributed by atoms with van der Waals surface area (Å²) in [6.45, 7) is 1.96. The first-order chi connectivity index (χ1) is 11.5. The fourth-order valence-corrected chi connectivity index (χ4v) is 3.02. The standard InChI is InChI=1S/C18H16Cl2N2O2/c1-10-17(13-6-5-12(19)9-14(13)20)22-18(21-10)11-4-7-15(23-2)16(8-11)24-3/h4-9H,1-3H3,(H,21,22). The highest BCUT2D eigenvalue weighted by atomic mass is 35.5. The number of ether oxygens (including phenoxy) is 2. The zero-order valence-corrected chi connectivity index (χ0v) is 15.0. The van der Waals surface area contributed by atoms with Crippen LogP contribution in [0.1, 0.15) is 5.69 Å². The Balaban J connectivity index is 2.06. The Hall–Kier alpha value is -2.17. The number of nitrogens with one attached hydrogen (secondary N) is 1. The number of halogens is 2. The third-order valence-corrected chi connectivity index (χ3v) is 4.28. The Morgan fingerprint density at radius 2 is 1.71 bits per heavy atom. The Morgan fingerprint density at radius 3 is 2.38 bits per heavy atom. The van der Waals surface area contributed by atoms with Crippen molar-refractivity contribution in [1.82, 2.24) is 9.97 Å². The quantitative estimate of drug-likeness (QED) is 0.677. The third-order valence-electron chi connectivity index (χ3n) is 3.73. The molecule has 0 saturated carbocycles. The van der Waals surface area contributed by atoms with E-state index in [1.54, 1.807) is 26.4 Å². The summed E-state index contributed by atoms with van der Waals surface area (Å²) in [4.78, 5) is 7.98. The number of H-pyrrole nitrogens is 1. The van der Waals surface area contributed by atoms with Gasteiger partial charge in [-0.15, -0.1) is 0 Å². The van der Waals surface area contributed by atoms with Gasteiger partial charge in [0, 0.05) is 21.8 Å². The first-order valence-corrected chi connectivity index (χ1v) is 8.03. The van der Waals surface area contributed by atoms with Gasteiger partial charge < -0.3 is 14.5 Å². The molecule has 0 amide bonds. The maximum Gasteiger partial charge on any atom is 0.161 e. The lowest BCUT2D eigenvalue weighted by Crippen LogP contribution is -1.91. The number of imidazole rings is 1. The number of methoxy groups -OCH3 is 2. The summed E-state index contributed by atoms with van der Waals surface area (Å²) < 4.78 is 10.6. The van der Waals surface area contributed by atoms with Crippen LogP contribution in [0.4, 0.5) is 0 Å². The second kappa shape index (κ2) is 6.75. The van der Waals surface area contributed by atoms with Crippen molar-refractivity contribution in [3.8, 4) is 34.1 Å². The normalized spacial score (nSPS) is 10.7. The summed E-state index contributed by atoms with van der Waals surface area (Å²) in [6.07, 6.45) is 0. The number of benzene rings is 2. The van der Waals surface area contributed by atoms with Gasteiger partial charge in [-0.2, -0.15) is 0 Å². The first kappa shape index (κ1) is 16.7. The van der Waals surface area contributed by atoms with Gasteiger partial charge in [0.15, 0.2) is 11.5 Å². The predicted octanol–water partition coefficient (Wildman–Crippen LogP) is 5.38. The molecule has 124 valence electrons. The molecule has 0 spiro atoms. The molecule has 1 heterocycles. The van der Waals surface area contributed by atoms with Crippen molar-refractivity contribution in [3.05, 3.63) is 52.1 Å². The molecule has 3 aromatic rings. The van der Waals surface area contributed by atoms with Crippen LogP contribution in [0.25, 0.3) is 22.6 Å². The molecule has 0 aliphatic heterocycles. The number of hydrogen-bond donors (Lipinski definition) is 1. The SMILES string of the molecule is COc1ccc(-c2nc(-c3ccc(Cl)cc3Cl)c(C)[nH]2)cc1OC. The van der Waals surface area contributed by atoms with Crippen molar-refractivity contribution in [2.24, 2.45) is 0 Å². The zero-order chi connectivity index (χ0) is 17.3. The Morgan fingerprint density at radius 1 is 0.958 bits per heavy atom. The van der Waals surface area contributed by atoms with Crippen molar-refractivity contribution in [2.75, 3.05) is 14.2 Å². The van der Waals surface area contributed by atoms with Crippen LogP contribution in [0, 0.1) is 6.92 Å². The van der Waals surface area contributed by atoms with Crippen LogP contribution in [0.5, 0.6) is 11.5 Å². The topological polar surface area (TPSA) is 47.1 Å². The minimum atomic E-state index is 0.566. The second-order valence-corrected chi connectivity index (χ2v) is 6.10. The van der Waals surface area contributed by atoms with Gasteiger partial charge >= 0.3 is 0 Å². The molecule has 0 radical (unpaired) electrons. The van der Waals surface area contributed by atoms with Crippen molar-refractivity contribution < 1.29 is 9.47 Å². The predicted molar refractivity (Wildman–Crippen MR) is 97.3 cm³/mol. The molecular formula is C18H16Cl2N2O2. The number of aromatic nitrogens is 2. The molecule has 0 unspecified atom stereocenters. The average molecular weight is 363 g/mol. The minimum Gasteiger partial charge on any atom is -0.493 e. The van der Waals surface area contributed by atoms with Gasteiger partial charge in [-0.25, -0.2) is 4.98 Å². The van der Waals surface area contributed by atoms with E-state index in [9.17, 15) is 0 Å². The molecule has 4 nitrogen and oxygen atoms in total. The van der Waals surface area contributed by atoms with Crippen molar-refractivity contribution in [1.29, 1.82) is 0 Å². The molecule has 0 aliphatic rings. The van der Waals surface area contributed by atoms with Crippen LogP contribution in [-0.2, 0) is 0 Å². The number of aryl methyl sites for hydroxylation is 1. The van der Waals surface area contributed by atoms with E-state index in [0.29, 0.717) is 21.5 Å². The number of hydrogen-bond acceptors (Lipinski definition) is 3. The van der Waals surface area contributed by atoms with Crippen LogP contribution in [-0.4, -0.2) is 24.2 Å². The summed E-state index contributed by atoms with van der Waals surface area (Å²) in [5.74, 6) is 2.05. The van der Waals surface area contributed by atoms with E-state index in [2.05, 4.69) is 4.98 Å². The van der Waals surface area contributed by atoms with Crippen LogP contribution in [0.3, 0.4) is 0 Å². The van der Waals surface area contributed by atoms with Gasteiger partial charge in [0.1, 0.15) is 5.82 Å². The molecule has 1 aromatic heterocycles. The number of rotatable bonds is 4. The lowest BCUT2D eigenvalue weighted by Gasteiger charge is -2.08. The van der Waals surface area contributed by atoms with Crippen LogP contribution in [0.2, 0.25) is 10.0 Å². The van der Waals surface area contributed by atoms with Crippen LogP contribution in [0.15, 0.2) is 36.4 Å². The Bertz CT molecular complexity index is 891. The number of aromatic amines is 1.